The molecule has 34 heavy (non-hydrogen) atoms. The Kier molecular flexibility index (Phi) is 9.80. The van der Waals surface area contributed by atoms with E-state index in [2.05, 4.69) is 10.3 Å². The lowest BCUT2D eigenvalue weighted by molar-refractivity contribution is -0.146. The van der Waals surface area contributed by atoms with Crippen LogP contribution in [-0.2, 0) is 20.8 Å². The molecule has 9 heteroatoms. The molecule has 3 rings (SSSR count). The van der Waals surface area contributed by atoms with Gasteiger partial charge < -0.3 is 21.7 Å². The fourth-order valence-corrected chi connectivity index (χ4v) is 6.09. The monoisotopic (exact) mass is 487 g/mol. The van der Waals surface area contributed by atoms with Crippen molar-refractivity contribution in [2.75, 3.05) is 12.3 Å². The molecule has 2 aliphatic rings. The van der Waals surface area contributed by atoms with Gasteiger partial charge in [-0.25, -0.2) is 0 Å². The van der Waals surface area contributed by atoms with Crippen LogP contribution in [0.25, 0.3) is 0 Å². The molecular weight excluding hydrogens is 450 g/mol. The number of nitrogens with zero attached hydrogens (tertiary/aromatic N) is 2. The van der Waals surface area contributed by atoms with Gasteiger partial charge >= 0.3 is 0 Å². The highest BCUT2D eigenvalue weighted by Gasteiger charge is 2.46. The molecule has 0 bridgehead atoms. The molecule has 1 aromatic carbocycles. The standard InChI is InChI=1S/C25H37N5O3S/c1-2-3-11-21(31)19(10-7-14-28-25(26)27)29-23(32)20-16-34-22-13-12-18(24(33)30(20)22)15-17-8-5-4-6-9-17/h4-6,8-9,18-20,22H,2-3,7,10-16H2,1H3,(H,29,32)(H4,26,27,28)/t18-,19-,20-,22?/m0/s1. The van der Waals surface area contributed by atoms with E-state index in [4.69, 9.17) is 11.5 Å². The van der Waals surface area contributed by atoms with Crippen LogP contribution in [0.5, 0.6) is 0 Å². The van der Waals surface area contributed by atoms with E-state index >= 15 is 0 Å². The van der Waals surface area contributed by atoms with Gasteiger partial charge in [-0.2, -0.15) is 0 Å². The summed E-state index contributed by atoms with van der Waals surface area (Å²) in [5.74, 6) is 0.292. The van der Waals surface area contributed by atoms with Crippen molar-refractivity contribution in [1.82, 2.24) is 10.2 Å². The van der Waals surface area contributed by atoms with Crippen molar-refractivity contribution in [2.24, 2.45) is 22.4 Å². The molecule has 1 aromatic rings. The van der Waals surface area contributed by atoms with E-state index in [1.807, 2.05) is 37.3 Å². The first-order valence-corrected chi connectivity index (χ1v) is 13.3. The molecule has 0 saturated carbocycles. The smallest absolute Gasteiger partial charge is 0.244 e. The average Bonchev–Trinajstić information content (AvgIpc) is 3.27. The maximum atomic E-state index is 13.4. The molecule has 2 amide bonds. The minimum atomic E-state index is -0.586. The molecule has 2 saturated heterocycles. The minimum absolute atomic E-state index is 0.0144. The summed E-state index contributed by atoms with van der Waals surface area (Å²) in [5, 5.41) is 3.00. The second kappa shape index (κ2) is 12.8. The van der Waals surface area contributed by atoms with Crippen molar-refractivity contribution in [3.63, 3.8) is 0 Å². The minimum Gasteiger partial charge on any atom is -0.370 e. The molecule has 2 heterocycles. The van der Waals surface area contributed by atoms with Crippen molar-refractivity contribution in [1.29, 1.82) is 0 Å². The van der Waals surface area contributed by atoms with Gasteiger partial charge in [-0.1, -0.05) is 43.7 Å². The molecule has 5 N–H and O–H groups in total. The maximum absolute atomic E-state index is 13.4. The zero-order valence-corrected chi connectivity index (χ0v) is 20.8. The van der Waals surface area contributed by atoms with Crippen LogP contribution in [0.2, 0.25) is 0 Å². The summed E-state index contributed by atoms with van der Waals surface area (Å²) in [4.78, 5) is 45.2. The van der Waals surface area contributed by atoms with Gasteiger partial charge in [0.1, 0.15) is 6.04 Å². The predicted molar refractivity (Wildman–Crippen MR) is 136 cm³/mol. The van der Waals surface area contributed by atoms with Crippen molar-refractivity contribution < 1.29 is 14.4 Å². The van der Waals surface area contributed by atoms with E-state index in [0.717, 1.165) is 31.2 Å². The third kappa shape index (κ3) is 6.98. The molecule has 0 aliphatic carbocycles. The molecule has 0 radical (unpaired) electrons. The first kappa shape index (κ1) is 26.1. The first-order chi connectivity index (χ1) is 16.4. The molecule has 2 aliphatic heterocycles. The van der Waals surface area contributed by atoms with Crippen LogP contribution in [0.3, 0.4) is 0 Å². The van der Waals surface area contributed by atoms with E-state index in [-0.39, 0.29) is 34.8 Å². The normalized spacial score (nSPS) is 22.7. The van der Waals surface area contributed by atoms with Crippen molar-refractivity contribution in [3.05, 3.63) is 35.9 Å². The quantitative estimate of drug-likeness (QED) is 0.235. The summed E-state index contributed by atoms with van der Waals surface area (Å²) < 4.78 is 0. The van der Waals surface area contributed by atoms with Crippen LogP contribution >= 0.6 is 11.8 Å². The molecule has 4 atom stereocenters. The van der Waals surface area contributed by atoms with Gasteiger partial charge in [0, 0.05) is 24.6 Å². The third-order valence-electron chi connectivity index (χ3n) is 6.51. The maximum Gasteiger partial charge on any atom is 0.244 e. The van der Waals surface area contributed by atoms with E-state index in [9.17, 15) is 14.4 Å². The fraction of sp³-hybridized carbons (Fsp3) is 0.600. The predicted octanol–water partition coefficient (Wildman–Crippen LogP) is 2.21. The number of aliphatic imine (C=N–C) groups is 1. The Morgan fingerprint density at radius 1 is 1.21 bits per heavy atom. The third-order valence-corrected chi connectivity index (χ3v) is 7.87. The Bertz CT molecular complexity index is 875. The van der Waals surface area contributed by atoms with E-state index in [0.29, 0.717) is 38.0 Å². The molecule has 0 aromatic heterocycles. The van der Waals surface area contributed by atoms with Gasteiger partial charge in [0.25, 0.3) is 0 Å². The summed E-state index contributed by atoms with van der Waals surface area (Å²) in [7, 11) is 0. The Labute approximate surface area is 206 Å². The Morgan fingerprint density at radius 3 is 2.68 bits per heavy atom. The number of ketones is 1. The number of hydrogen-bond donors (Lipinski definition) is 3. The number of nitrogens with one attached hydrogen (secondary N) is 1. The van der Waals surface area contributed by atoms with Gasteiger partial charge in [-0.3, -0.25) is 19.4 Å². The van der Waals surface area contributed by atoms with E-state index < -0.39 is 12.1 Å². The van der Waals surface area contributed by atoms with Gasteiger partial charge in [0.15, 0.2) is 11.7 Å². The van der Waals surface area contributed by atoms with Crippen LogP contribution < -0.4 is 16.8 Å². The molecule has 186 valence electrons. The number of fused-ring (bicyclic) bond motifs is 1. The molecule has 0 spiro atoms. The zero-order chi connectivity index (χ0) is 24.5. The Morgan fingerprint density at radius 2 is 1.97 bits per heavy atom. The first-order valence-electron chi connectivity index (χ1n) is 12.3. The molecule has 2 fully saturated rings. The van der Waals surface area contributed by atoms with Gasteiger partial charge in [0.2, 0.25) is 11.8 Å². The highest BCUT2D eigenvalue weighted by molar-refractivity contribution is 8.00. The molecule has 1 unspecified atom stereocenters. The summed E-state index contributed by atoms with van der Waals surface area (Å²) in [6, 6.07) is 8.88. The lowest BCUT2D eigenvalue weighted by Gasteiger charge is -2.37. The highest BCUT2D eigenvalue weighted by atomic mass is 32.2. The number of benzene rings is 1. The number of rotatable bonds is 12. The number of hydrogen-bond acceptors (Lipinski definition) is 5. The number of thioether (sulfide) groups is 1. The second-order valence-electron chi connectivity index (χ2n) is 9.09. The SMILES string of the molecule is CCCCC(=O)[C@H](CCCN=C(N)N)NC(=O)[C@@H]1CSC2CC[C@@H](Cc3ccccc3)C(=O)N21. The number of piperidine rings is 1. The van der Waals surface area contributed by atoms with Gasteiger partial charge in [-0.05, 0) is 44.1 Å². The number of carbonyl (C=O) groups is 3. The van der Waals surface area contributed by atoms with Crippen LogP contribution in [0, 0.1) is 5.92 Å². The number of amides is 2. The largest absolute Gasteiger partial charge is 0.370 e. The highest BCUT2D eigenvalue weighted by Crippen LogP contribution is 2.39. The summed E-state index contributed by atoms with van der Waals surface area (Å²) in [6.07, 6.45) is 5.58. The van der Waals surface area contributed by atoms with E-state index in [1.165, 1.54) is 0 Å². The second-order valence-corrected chi connectivity index (χ2v) is 10.3. The van der Waals surface area contributed by atoms with Crippen LogP contribution in [0.4, 0.5) is 0 Å². The van der Waals surface area contributed by atoms with Crippen LogP contribution in [0.1, 0.15) is 57.4 Å². The number of carbonyl (C=O) groups excluding carboxylic acids is 3. The Hall–Kier alpha value is -2.55. The number of Topliss-reactive ketones (excluding diaryl/α,β-unsaturated/α-hetero) is 1. The van der Waals surface area contributed by atoms with Gasteiger partial charge in [-0.15, -0.1) is 11.8 Å². The van der Waals surface area contributed by atoms with Gasteiger partial charge in [0.05, 0.1) is 11.4 Å². The number of guanidine groups is 1. The fourth-order valence-electron chi connectivity index (χ4n) is 4.66. The lowest BCUT2D eigenvalue weighted by atomic mass is 9.89. The topological polar surface area (TPSA) is 131 Å². The summed E-state index contributed by atoms with van der Waals surface area (Å²) >= 11 is 1.66. The zero-order valence-electron chi connectivity index (χ0n) is 19.9. The Balaban J connectivity index is 1.65. The van der Waals surface area contributed by atoms with Crippen LogP contribution in [-0.4, -0.2) is 58.2 Å². The molecule has 8 nitrogen and oxygen atoms in total. The van der Waals surface area contributed by atoms with E-state index in [1.54, 1.807) is 16.7 Å². The molecular formula is C25H37N5O3S. The van der Waals surface area contributed by atoms with Crippen molar-refractivity contribution in [3.8, 4) is 0 Å². The number of nitrogens with two attached hydrogens (primary N) is 2. The van der Waals surface area contributed by atoms with Crippen molar-refractivity contribution in [2.45, 2.75) is 75.7 Å². The average molecular weight is 488 g/mol. The van der Waals surface area contributed by atoms with Crippen LogP contribution in [0.15, 0.2) is 35.3 Å². The summed E-state index contributed by atoms with van der Waals surface area (Å²) in [5.41, 5.74) is 11.9. The number of unbranched alkanes of at least 4 members (excludes halogenated alkanes) is 1. The van der Waals surface area contributed by atoms with Crippen molar-refractivity contribution >= 4 is 35.3 Å². The lowest BCUT2D eigenvalue weighted by Crippen LogP contribution is -2.56. The summed E-state index contributed by atoms with van der Waals surface area (Å²) in [6.45, 7) is 2.44.